The molecule has 4 nitrogen and oxygen atoms in total. The van der Waals surface area contributed by atoms with Crippen LogP contribution in [0.5, 0.6) is 17.4 Å². The molecular weight excluding hydrogens is 264 g/mol. The quantitative estimate of drug-likeness (QED) is 0.939. The molecule has 21 heavy (non-hydrogen) atoms. The van der Waals surface area contributed by atoms with Gasteiger partial charge in [0.05, 0.1) is 0 Å². The average molecular weight is 284 g/mol. The van der Waals surface area contributed by atoms with Gasteiger partial charge in [-0.1, -0.05) is 18.2 Å². The third kappa shape index (κ3) is 2.72. The Balaban J connectivity index is 1.90. The number of nitrogens with two attached hydrogens (primary N) is 1. The van der Waals surface area contributed by atoms with E-state index in [4.69, 9.17) is 15.2 Å². The standard InChI is InChI=1S/C17H20N2O2/c1-11-13(10-18)7-8-15(19-11)20-14-6-4-5-12-9-17(2,3)21-16(12)14/h4-8H,9-10,18H2,1-3H3. The Hall–Kier alpha value is -2.07. The van der Waals surface area contributed by atoms with E-state index >= 15 is 0 Å². The van der Waals surface area contributed by atoms with Crippen molar-refractivity contribution in [1.29, 1.82) is 0 Å². The summed E-state index contributed by atoms with van der Waals surface area (Å²) in [6.07, 6.45) is 0.887. The van der Waals surface area contributed by atoms with Crippen LogP contribution < -0.4 is 15.2 Å². The summed E-state index contributed by atoms with van der Waals surface area (Å²) in [6, 6.07) is 9.77. The summed E-state index contributed by atoms with van der Waals surface area (Å²) in [6.45, 7) is 6.58. The first kappa shape index (κ1) is 13.9. The molecule has 3 rings (SSSR count). The second-order valence-electron chi connectivity index (χ2n) is 5.98. The Kier molecular flexibility index (Phi) is 3.33. The highest BCUT2D eigenvalue weighted by Gasteiger charge is 2.32. The molecule has 0 spiro atoms. The van der Waals surface area contributed by atoms with Crippen molar-refractivity contribution in [1.82, 2.24) is 4.98 Å². The van der Waals surface area contributed by atoms with E-state index in [0.29, 0.717) is 18.2 Å². The number of fused-ring (bicyclic) bond motifs is 1. The Morgan fingerprint density at radius 1 is 1.29 bits per heavy atom. The van der Waals surface area contributed by atoms with E-state index in [0.717, 1.165) is 23.4 Å². The highest BCUT2D eigenvalue weighted by Crippen LogP contribution is 2.43. The van der Waals surface area contributed by atoms with Gasteiger partial charge in [0.2, 0.25) is 5.88 Å². The molecule has 0 aliphatic carbocycles. The molecule has 1 aliphatic rings. The molecule has 0 saturated carbocycles. The van der Waals surface area contributed by atoms with Crippen LogP contribution in [0.15, 0.2) is 30.3 Å². The monoisotopic (exact) mass is 284 g/mol. The van der Waals surface area contributed by atoms with E-state index in [1.165, 1.54) is 5.56 Å². The Bertz CT molecular complexity index is 680. The minimum absolute atomic E-state index is 0.186. The topological polar surface area (TPSA) is 57.4 Å². The van der Waals surface area contributed by atoms with Crippen LogP contribution in [0.3, 0.4) is 0 Å². The second-order valence-corrected chi connectivity index (χ2v) is 5.98. The fourth-order valence-electron chi connectivity index (χ4n) is 2.62. The Labute approximate surface area is 124 Å². The molecule has 0 radical (unpaired) electrons. The van der Waals surface area contributed by atoms with Gasteiger partial charge < -0.3 is 15.2 Å². The smallest absolute Gasteiger partial charge is 0.219 e. The maximum atomic E-state index is 6.00. The SMILES string of the molecule is Cc1nc(Oc2cccc3c2OC(C)(C)C3)ccc1CN. The van der Waals surface area contributed by atoms with Gasteiger partial charge in [0, 0.05) is 30.3 Å². The fourth-order valence-corrected chi connectivity index (χ4v) is 2.62. The van der Waals surface area contributed by atoms with Crippen LogP contribution in [0.4, 0.5) is 0 Å². The fraction of sp³-hybridized carbons (Fsp3) is 0.353. The van der Waals surface area contributed by atoms with Crippen molar-refractivity contribution in [3.8, 4) is 17.4 Å². The van der Waals surface area contributed by atoms with Crippen LogP contribution >= 0.6 is 0 Å². The molecule has 110 valence electrons. The normalized spacial score (nSPS) is 15.4. The third-order valence-corrected chi connectivity index (χ3v) is 3.66. The van der Waals surface area contributed by atoms with Crippen LogP contribution in [0.1, 0.15) is 30.7 Å². The van der Waals surface area contributed by atoms with Crippen molar-refractivity contribution in [3.63, 3.8) is 0 Å². The van der Waals surface area contributed by atoms with E-state index < -0.39 is 0 Å². The number of hydrogen-bond acceptors (Lipinski definition) is 4. The van der Waals surface area contributed by atoms with Crippen molar-refractivity contribution >= 4 is 0 Å². The second kappa shape index (κ2) is 5.04. The highest BCUT2D eigenvalue weighted by molar-refractivity contribution is 5.51. The van der Waals surface area contributed by atoms with Gasteiger partial charge in [-0.15, -0.1) is 0 Å². The van der Waals surface area contributed by atoms with Gasteiger partial charge in [-0.25, -0.2) is 4.98 Å². The molecule has 2 N–H and O–H groups in total. The number of benzene rings is 1. The van der Waals surface area contributed by atoms with Gasteiger partial charge in [0.15, 0.2) is 11.5 Å². The molecule has 0 unspecified atom stereocenters. The van der Waals surface area contributed by atoms with Crippen molar-refractivity contribution < 1.29 is 9.47 Å². The summed E-state index contributed by atoms with van der Waals surface area (Å²) in [7, 11) is 0. The van der Waals surface area contributed by atoms with Crippen molar-refractivity contribution in [2.75, 3.05) is 0 Å². The summed E-state index contributed by atoms with van der Waals surface area (Å²) in [5, 5.41) is 0. The zero-order valence-electron chi connectivity index (χ0n) is 12.6. The summed E-state index contributed by atoms with van der Waals surface area (Å²) in [4.78, 5) is 4.44. The number of aryl methyl sites for hydroxylation is 1. The molecule has 0 atom stereocenters. The first-order valence-corrected chi connectivity index (χ1v) is 7.14. The first-order valence-electron chi connectivity index (χ1n) is 7.14. The average Bonchev–Trinajstić information content (AvgIpc) is 2.74. The Morgan fingerprint density at radius 2 is 2.10 bits per heavy atom. The minimum atomic E-state index is -0.186. The lowest BCUT2D eigenvalue weighted by atomic mass is 10.0. The number of pyridine rings is 1. The lowest BCUT2D eigenvalue weighted by Crippen LogP contribution is -2.24. The number of ether oxygens (including phenoxy) is 2. The molecular formula is C17H20N2O2. The van der Waals surface area contributed by atoms with Crippen LogP contribution in [0.2, 0.25) is 0 Å². The molecule has 1 aromatic heterocycles. The molecule has 1 aromatic carbocycles. The molecule has 2 aromatic rings. The predicted octanol–water partition coefficient (Wildman–Crippen LogP) is 3.35. The summed E-state index contributed by atoms with van der Waals surface area (Å²) in [5.74, 6) is 2.10. The molecule has 2 heterocycles. The Morgan fingerprint density at radius 3 is 2.81 bits per heavy atom. The maximum absolute atomic E-state index is 6.00. The van der Waals surface area contributed by atoms with E-state index in [1.54, 1.807) is 0 Å². The van der Waals surface area contributed by atoms with E-state index in [-0.39, 0.29) is 5.60 Å². The number of hydrogen-bond donors (Lipinski definition) is 1. The van der Waals surface area contributed by atoms with Crippen LogP contribution in [-0.2, 0) is 13.0 Å². The van der Waals surface area contributed by atoms with Gasteiger partial charge >= 0.3 is 0 Å². The van der Waals surface area contributed by atoms with Gasteiger partial charge in [-0.2, -0.15) is 0 Å². The number of para-hydroxylation sites is 1. The van der Waals surface area contributed by atoms with Gasteiger partial charge in [-0.05, 0) is 32.4 Å². The lowest BCUT2D eigenvalue weighted by molar-refractivity contribution is 0.135. The zero-order chi connectivity index (χ0) is 15.0. The van der Waals surface area contributed by atoms with E-state index in [1.807, 2.05) is 31.2 Å². The molecule has 4 heteroatoms. The van der Waals surface area contributed by atoms with Crippen LogP contribution in [0, 0.1) is 6.92 Å². The first-order chi connectivity index (χ1) is 9.98. The number of nitrogens with zero attached hydrogens (tertiary/aromatic N) is 1. The summed E-state index contributed by atoms with van der Waals surface area (Å²) < 4.78 is 11.9. The largest absolute Gasteiger partial charge is 0.483 e. The number of aromatic nitrogens is 1. The van der Waals surface area contributed by atoms with Gasteiger partial charge in [0.25, 0.3) is 0 Å². The molecule has 0 amide bonds. The molecule has 0 bridgehead atoms. The van der Waals surface area contributed by atoms with Gasteiger partial charge in [0.1, 0.15) is 5.60 Å². The van der Waals surface area contributed by atoms with Gasteiger partial charge in [-0.3, -0.25) is 0 Å². The van der Waals surface area contributed by atoms with Crippen molar-refractivity contribution in [3.05, 3.63) is 47.2 Å². The third-order valence-electron chi connectivity index (χ3n) is 3.66. The predicted molar refractivity (Wildman–Crippen MR) is 81.8 cm³/mol. The number of rotatable bonds is 3. The van der Waals surface area contributed by atoms with Crippen LogP contribution in [0.25, 0.3) is 0 Å². The minimum Gasteiger partial charge on any atom is -0.483 e. The highest BCUT2D eigenvalue weighted by atomic mass is 16.5. The molecule has 0 saturated heterocycles. The lowest BCUT2D eigenvalue weighted by Gasteiger charge is -2.18. The summed E-state index contributed by atoms with van der Waals surface area (Å²) in [5.41, 5.74) is 8.56. The maximum Gasteiger partial charge on any atom is 0.219 e. The van der Waals surface area contributed by atoms with Crippen LogP contribution in [-0.4, -0.2) is 10.6 Å². The molecule has 0 fully saturated rings. The van der Waals surface area contributed by atoms with Crippen molar-refractivity contribution in [2.45, 2.75) is 39.3 Å². The van der Waals surface area contributed by atoms with E-state index in [2.05, 4.69) is 24.9 Å². The van der Waals surface area contributed by atoms with E-state index in [9.17, 15) is 0 Å². The van der Waals surface area contributed by atoms with Crippen molar-refractivity contribution in [2.24, 2.45) is 5.73 Å². The summed E-state index contributed by atoms with van der Waals surface area (Å²) >= 11 is 0. The zero-order valence-corrected chi connectivity index (χ0v) is 12.6. The molecule has 1 aliphatic heterocycles.